The standard InChI is InChI=1S/C16H21N5OS/c1-20(2)7-13-8-21(15-3-5-17-11-18-15)9-14(13)19-16(22)12-4-6-23-10-12/h3-6,10-11,13-14H,7-9H2,1-2H3,(H,19,22)/t13-,14-/m1/s1. The fraction of sp³-hybridized carbons (Fsp3) is 0.438. The molecule has 122 valence electrons. The van der Waals surface area contributed by atoms with E-state index in [4.69, 9.17) is 0 Å². The van der Waals surface area contributed by atoms with Crippen LogP contribution < -0.4 is 10.2 Å². The van der Waals surface area contributed by atoms with E-state index in [0.717, 1.165) is 31.0 Å². The van der Waals surface area contributed by atoms with Gasteiger partial charge in [-0.1, -0.05) is 0 Å². The number of hydrogen-bond donors (Lipinski definition) is 1. The molecule has 0 bridgehead atoms. The maximum absolute atomic E-state index is 12.4. The molecule has 7 heteroatoms. The molecule has 6 nitrogen and oxygen atoms in total. The minimum absolute atomic E-state index is 0.00421. The van der Waals surface area contributed by atoms with Gasteiger partial charge in [0.05, 0.1) is 6.04 Å². The minimum atomic E-state index is 0.00421. The number of carbonyl (C=O) groups excluding carboxylic acids is 1. The predicted octanol–water partition coefficient (Wildman–Crippen LogP) is 1.33. The number of thiophene rings is 1. The first-order chi connectivity index (χ1) is 11.1. The number of nitrogens with one attached hydrogen (secondary N) is 1. The summed E-state index contributed by atoms with van der Waals surface area (Å²) in [7, 11) is 4.12. The normalized spacial score (nSPS) is 20.9. The molecule has 3 heterocycles. The number of nitrogens with zero attached hydrogens (tertiary/aromatic N) is 4. The Morgan fingerprint density at radius 2 is 2.30 bits per heavy atom. The first-order valence-electron chi connectivity index (χ1n) is 7.62. The fourth-order valence-electron chi connectivity index (χ4n) is 2.99. The molecule has 0 aromatic carbocycles. The predicted molar refractivity (Wildman–Crippen MR) is 91.9 cm³/mol. The molecule has 0 unspecified atom stereocenters. The van der Waals surface area contributed by atoms with E-state index in [0.29, 0.717) is 5.92 Å². The second kappa shape index (κ2) is 7.06. The van der Waals surface area contributed by atoms with E-state index in [1.54, 1.807) is 12.5 Å². The number of amides is 1. The van der Waals surface area contributed by atoms with E-state index < -0.39 is 0 Å². The Balaban J connectivity index is 1.72. The van der Waals surface area contributed by atoms with E-state index in [2.05, 4.69) is 39.2 Å². The van der Waals surface area contributed by atoms with Gasteiger partial charge in [-0.2, -0.15) is 11.3 Å². The average Bonchev–Trinajstić information content (AvgIpc) is 3.18. The van der Waals surface area contributed by atoms with E-state index in [1.165, 1.54) is 11.3 Å². The summed E-state index contributed by atoms with van der Waals surface area (Å²) in [5, 5.41) is 7.00. The monoisotopic (exact) mass is 331 g/mol. The second-order valence-electron chi connectivity index (χ2n) is 6.09. The molecular weight excluding hydrogens is 310 g/mol. The molecule has 1 amide bonds. The number of anilines is 1. The fourth-order valence-corrected chi connectivity index (χ4v) is 3.63. The average molecular weight is 331 g/mol. The van der Waals surface area contributed by atoms with Crippen molar-refractivity contribution in [2.24, 2.45) is 5.92 Å². The highest BCUT2D eigenvalue weighted by atomic mass is 32.1. The molecule has 0 spiro atoms. The third-order valence-corrected chi connectivity index (χ3v) is 4.71. The summed E-state index contributed by atoms with van der Waals surface area (Å²) >= 11 is 1.54. The summed E-state index contributed by atoms with van der Waals surface area (Å²) in [6.45, 7) is 2.57. The zero-order valence-corrected chi connectivity index (χ0v) is 14.2. The number of hydrogen-bond acceptors (Lipinski definition) is 6. The second-order valence-corrected chi connectivity index (χ2v) is 6.87. The smallest absolute Gasteiger partial charge is 0.252 e. The van der Waals surface area contributed by atoms with Crippen LogP contribution >= 0.6 is 11.3 Å². The van der Waals surface area contributed by atoms with Gasteiger partial charge in [0.1, 0.15) is 12.1 Å². The van der Waals surface area contributed by atoms with Gasteiger partial charge in [-0.05, 0) is 31.6 Å². The van der Waals surface area contributed by atoms with Crippen molar-refractivity contribution < 1.29 is 4.79 Å². The summed E-state index contributed by atoms with van der Waals surface area (Å²) in [5.74, 6) is 1.28. The molecule has 23 heavy (non-hydrogen) atoms. The van der Waals surface area contributed by atoms with Crippen LogP contribution in [-0.4, -0.2) is 60.5 Å². The Hall–Kier alpha value is -1.99. The first kappa shape index (κ1) is 15.9. The van der Waals surface area contributed by atoms with Gasteiger partial charge >= 0.3 is 0 Å². The molecule has 1 aliphatic rings. The molecule has 2 aromatic heterocycles. The van der Waals surface area contributed by atoms with Crippen LogP contribution in [0.5, 0.6) is 0 Å². The Morgan fingerprint density at radius 1 is 1.43 bits per heavy atom. The molecule has 0 aliphatic carbocycles. The molecule has 0 radical (unpaired) electrons. The zero-order valence-electron chi connectivity index (χ0n) is 13.3. The van der Waals surface area contributed by atoms with Gasteiger partial charge in [-0.25, -0.2) is 9.97 Å². The molecule has 1 aliphatic heterocycles. The van der Waals surface area contributed by atoms with E-state index in [9.17, 15) is 4.79 Å². The molecule has 2 atom stereocenters. The van der Waals surface area contributed by atoms with Crippen molar-refractivity contribution in [3.63, 3.8) is 0 Å². The van der Waals surface area contributed by atoms with Crippen LogP contribution in [-0.2, 0) is 0 Å². The third kappa shape index (κ3) is 3.86. The van der Waals surface area contributed by atoms with E-state index >= 15 is 0 Å². The Bertz CT molecular complexity index is 631. The number of rotatable bonds is 5. The Morgan fingerprint density at radius 3 is 2.96 bits per heavy atom. The number of aromatic nitrogens is 2. The summed E-state index contributed by atoms with van der Waals surface area (Å²) in [5.41, 5.74) is 0.735. The highest BCUT2D eigenvalue weighted by Crippen LogP contribution is 2.23. The van der Waals surface area contributed by atoms with Crippen molar-refractivity contribution in [1.29, 1.82) is 0 Å². The van der Waals surface area contributed by atoms with Gasteiger partial charge < -0.3 is 15.1 Å². The number of carbonyl (C=O) groups is 1. The summed E-state index contributed by atoms with van der Waals surface area (Å²) in [6, 6.07) is 3.88. The van der Waals surface area contributed by atoms with Gasteiger partial charge in [0.2, 0.25) is 0 Å². The van der Waals surface area contributed by atoms with Crippen LogP contribution in [0.15, 0.2) is 35.4 Å². The molecule has 1 fully saturated rings. The highest BCUT2D eigenvalue weighted by molar-refractivity contribution is 7.08. The molecule has 1 N–H and O–H groups in total. The lowest BCUT2D eigenvalue weighted by Crippen LogP contribution is -2.43. The molecular formula is C16H21N5OS. The maximum Gasteiger partial charge on any atom is 0.252 e. The largest absolute Gasteiger partial charge is 0.354 e. The van der Waals surface area contributed by atoms with Gasteiger partial charge in [-0.3, -0.25) is 4.79 Å². The third-order valence-electron chi connectivity index (χ3n) is 4.03. The van der Waals surface area contributed by atoms with Gasteiger partial charge in [-0.15, -0.1) is 0 Å². The van der Waals surface area contributed by atoms with Crippen LogP contribution in [0.3, 0.4) is 0 Å². The van der Waals surface area contributed by atoms with Crippen LogP contribution in [0.4, 0.5) is 5.82 Å². The maximum atomic E-state index is 12.4. The van der Waals surface area contributed by atoms with Gasteiger partial charge in [0, 0.05) is 42.7 Å². The first-order valence-corrected chi connectivity index (χ1v) is 8.56. The van der Waals surface area contributed by atoms with Crippen LogP contribution in [0.2, 0.25) is 0 Å². The highest BCUT2D eigenvalue weighted by Gasteiger charge is 2.34. The molecule has 3 rings (SSSR count). The quantitative estimate of drug-likeness (QED) is 0.896. The van der Waals surface area contributed by atoms with Crippen LogP contribution in [0, 0.1) is 5.92 Å². The van der Waals surface area contributed by atoms with Crippen LogP contribution in [0.1, 0.15) is 10.4 Å². The van der Waals surface area contributed by atoms with E-state index in [-0.39, 0.29) is 11.9 Å². The van der Waals surface area contributed by atoms with Gasteiger partial charge in [0.15, 0.2) is 0 Å². The van der Waals surface area contributed by atoms with Gasteiger partial charge in [0.25, 0.3) is 5.91 Å². The van der Waals surface area contributed by atoms with Crippen molar-refractivity contribution in [3.05, 3.63) is 41.0 Å². The lowest BCUT2D eigenvalue weighted by Gasteiger charge is -2.22. The van der Waals surface area contributed by atoms with Crippen LogP contribution in [0.25, 0.3) is 0 Å². The minimum Gasteiger partial charge on any atom is -0.354 e. The van der Waals surface area contributed by atoms with Crippen molar-refractivity contribution in [2.45, 2.75) is 6.04 Å². The topological polar surface area (TPSA) is 61.4 Å². The summed E-state index contributed by atoms with van der Waals surface area (Å²) in [4.78, 5) is 25.1. The van der Waals surface area contributed by atoms with Crippen molar-refractivity contribution >= 4 is 23.1 Å². The summed E-state index contributed by atoms with van der Waals surface area (Å²) in [6.07, 6.45) is 3.31. The Kier molecular flexibility index (Phi) is 4.88. The van der Waals surface area contributed by atoms with E-state index in [1.807, 2.05) is 22.9 Å². The molecule has 0 saturated carbocycles. The van der Waals surface area contributed by atoms with Crippen molar-refractivity contribution in [2.75, 3.05) is 38.6 Å². The van der Waals surface area contributed by atoms with Crippen molar-refractivity contribution in [1.82, 2.24) is 20.2 Å². The van der Waals surface area contributed by atoms with Crippen molar-refractivity contribution in [3.8, 4) is 0 Å². The summed E-state index contributed by atoms with van der Waals surface area (Å²) < 4.78 is 0. The Labute approximate surface area is 140 Å². The lowest BCUT2D eigenvalue weighted by atomic mass is 10.0. The molecule has 2 aromatic rings. The SMILES string of the molecule is CN(C)C[C@@H]1CN(c2ccncn2)C[C@H]1NC(=O)c1ccsc1. The lowest BCUT2D eigenvalue weighted by molar-refractivity contribution is 0.0928. The molecule has 1 saturated heterocycles. The zero-order chi connectivity index (χ0) is 16.2.